The first-order valence-corrected chi connectivity index (χ1v) is 11.3. The zero-order valence-corrected chi connectivity index (χ0v) is 18.0. The number of amides is 1. The molecule has 0 atom stereocenters. The molecule has 0 aromatic heterocycles. The molecule has 1 heterocycles. The number of benzene rings is 2. The van der Waals surface area contributed by atoms with Gasteiger partial charge in [-0.3, -0.25) is 4.79 Å². The summed E-state index contributed by atoms with van der Waals surface area (Å²) in [7, 11) is -3.65. The smallest absolute Gasteiger partial charge is 0.262 e. The summed E-state index contributed by atoms with van der Waals surface area (Å²) < 4.78 is 45.7. The molecule has 2 aromatic rings. The van der Waals surface area contributed by atoms with Crippen LogP contribution in [0.25, 0.3) is 0 Å². The summed E-state index contributed by atoms with van der Waals surface area (Å²) in [6.45, 7) is 4.81. The maximum Gasteiger partial charge on any atom is 0.262 e. The van der Waals surface area contributed by atoms with Crippen LogP contribution in [-0.2, 0) is 14.8 Å². The lowest BCUT2D eigenvalue weighted by Gasteiger charge is -2.33. The SMILES string of the molecule is CCN1CCN(S(=O)(=O)c2cccc(NC(=O)COc3ccc(F)cc3Cl)c2)CC1. The summed E-state index contributed by atoms with van der Waals surface area (Å²) >= 11 is 5.87. The van der Waals surface area contributed by atoms with Crippen molar-refractivity contribution < 1.29 is 22.3 Å². The third kappa shape index (κ3) is 5.48. The molecule has 0 saturated carbocycles. The van der Waals surface area contributed by atoms with Crippen LogP contribution in [0.5, 0.6) is 5.75 Å². The van der Waals surface area contributed by atoms with Crippen molar-refractivity contribution in [2.45, 2.75) is 11.8 Å². The Bertz CT molecular complexity index is 1010. The molecule has 0 unspecified atom stereocenters. The molecule has 1 aliphatic heterocycles. The van der Waals surface area contributed by atoms with Crippen molar-refractivity contribution in [2.24, 2.45) is 0 Å². The molecule has 1 saturated heterocycles. The number of hydrogen-bond donors (Lipinski definition) is 1. The number of nitrogens with zero attached hydrogens (tertiary/aromatic N) is 2. The molecule has 30 heavy (non-hydrogen) atoms. The Morgan fingerprint density at radius 1 is 1.17 bits per heavy atom. The fourth-order valence-electron chi connectivity index (χ4n) is 3.10. The highest BCUT2D eigenvalue weighted by atomic mass is 35.5. The van der Waals surface area contributed by atoms with E-state index in [0.29, 0.717) is 31.9 Å². The summed E-state index contributed by atoms with van der Waals surface area (Å²) in [5, 5.41) is 2.66. The average Bonchev–Trinajstić information content (AvgIpc) is 2.73. The number of sulfonamides is 1. The first-order valence-electron chi connectivity index (χ1n) is 9.50. The fourth-order valence-corrected chi connectivity index (χ4v) is 4.79. The van der Waals surface area contributed by atoms with Gasteiger partial charge in [0.25, 0.3) is 5.91 Å². The molecule has 2 aromatic carbocycles. The number of likely N-dealkylation sites (N-methyl/N-ethyl adjacent to an activating group) is 1. The lowest BCUT2D eigenvalue weighted by Crippen LogP contribution is -2.48. The monoisotopic (exact) mass is 455 g/mol. The lowest BCUT2D eigenvalue weighted by molar-refractivity contribution is -0.118. The Kier molecular flexibility index (Phi) is 7.30. The first-order chi connectivity index (χ1) is 14.3. The number of piperazine rings is 1. The number of carbonyl (C=O) groups is 1. The third-order valence-corrected chi connectivity index (χ3v) is 6.98. The van der Waals surface area contributed by atoms with Crippen molar-refractivity contribution in [3.05, 3.63) is 53.3 Å². The van der Waals surface area contributed by atoms with E-state index in [9.17, 15) is 17.6 Å². The molecule has 3 rings (SSSR count). The molecule has 1 fully saturated rings. The molecule has 1 amide bonds. The fraction of sp³-hybridized carbons (Fsp3) is 0.350. The Balaban J connectivity index is 1.62. The lowest BCUT2D eigenvalue weighted by atomic mass is 10.3. The summed E-state index contributed by atoms with van der Waals surface area (Å²) in [4.78, 5) is 14.5. The second-order valence-corrected chi connectivity index (χ2v) is 9.12. The summed E-state index contributed by atoms with van der Waals surface area (Å²) in [5.41, 5.74) is 0.335. The summed E-state index contributed by atoms with van der Waals surface area (Å²) in [6, 6.07) is 9.68. The predicted molar refractivity (Wildman–Crippen MR) is 113 cm³/mol. The van der Waals surface area contributed by atoms with Crippen LogP contribution in [0.15, 0.2) is 47.4 Å². The second-order valence-electron chi connectivity index (χ2n) is 6.78. The summed E-state index contributed by atoms with van der Waals surface area (Å²) in [5.74, 6) is -0.830. The van der Waals surface area contributed by atoms with Crippen LogP contribution < -0.4 is 10.1 Å². The van der Waals surface area contributed by atoms with Gasteiger partial charge in [-0.2, -0.15) is 4.31 Å². The zero-order chi connectivity index (χ0) is 21.7. The van der Waals surface area contributed by atoms with Crippen LogP contribution in [0.3, 0.4) is 0 Å². The number of hydrogen-bond acceptors (Lipinski definition) is 5. The normalized spacial score (nSPS) is 15.7. The minimum Gasteiger partial charge on any atom is -0.482 e. The van der Waals surface area contributed by atoms with Gasteiger partial charge in [-0.25, -0.2) is 12.8 Å². The molecule has 162 valence electrons. The van der Waals surface area contributed by atoms with Crippen molar-refractivity contribution >= 4 is 33.2 Å². The van der Waals surface area contributed by atoms with E-state index in [1.807, 2.05) is 6.92 Å². The van der Waals surface area contributed by atoms with E-state index in [-0.39, 0.29) is 22.3 Å². The molecule has 0 spiro atoms. The highest BCUT2D eigenvalue weighted by Gasteiger charge is 2.28. The maximum atomic E-state index is 13.1. The Morgan fingerprint density at radius 3 is 2.57 bits per heavy atom. The number of anilines is 1. The largest absolute Gasteiger partial charge is 0.482 e. The van der Waals surface area contributed by atoms with Crippen LogP contribution in [0, 0.1) is 5.82 Å². The maximum absolute atomic E-state index is 13.1. The second kappa shape index (κ2) is 9.74. The van der Waals surface area contributed by atoms with Crippen molar-refractivity contribution in [3.63, 3.8) is 0 Å². The van der Waals surface area contributed by atoms with Crippen LogP contribution in [-0.4, -0.2) is 62.9 Å². The number of halogens is 2. The van der Waals surface area contributed by atoms with E-state index < -0.39 is 21.7 Å². The van der Waals surface area contributed by atoms with E-state index >= 15 is 0 Å². The highest BCUT2D eigenvalue weighted by molar-refractivity contribution is 7.89. The standard InChI is InChI=1S/C20H23ClFN3O4S/c1-2-24-8-10-25(11-9-24)30(27,28)17-5-3-4-16(13-17)23-20(26)14-29-19-7-6-15(22)12-18(19)21/h3-7,12-13H,2,8-11,14H2,1H3,(H,23,26). The Hall–Kier alpha value is -2.20. The predicted octanol–water partition coefficient (Wildman–Crippen LogP) is 2.82. The van der Waals surface area contributed by atoms with Gasteiger partial charge in [0.2, 0.25) is 10.0 Å². The quantitative estimate of drug-likeness (QED) is 0.694. The molecule has 7 nitrogen and oxygen atoms in total. The molecule has 0 radical (unpaired) electrons. The van der Waals surface area contributed by atoms with Gasteiger partial charge in [-0.1, -0.05) is 24.6 Å². The van der Waals surface area contributed by atoms with E-state index in [4.69, 9.17) is 16.3 Å². The Morgan fingerprint density at radius 2 is 1.90 bits per heavy atom. The van der Waals surface area contributed by atoms with Crippen LogP contribution in [0.4, 0.5) is 10.1 Å². The zero-order valence-electron chi connectivity index (χ0n) is 16.5. The van der Waals surface area contributed by atoms with Gasteiger partial charge in [-0.05, 0) is 42.9 Å². The highest BCUT2D eigenvalue weighted by Crippen LogP contribution is 2.25. The van der Waals surface area contributed by atoms with Gasteiger partial charge >= 0.3 is 0 Å². The van der Waals surface area contributed by atoms with Crippen molar-refractivity contribution in [1.82, 2.24) is 9.21 Å². The molecule has 1 N–H and O–H groups in total. The summed E-state index contributed by atoms with van der Waals surface area (Å²) in [6.07, 6.45) is 0. The number of nitrogens with one attached hydrogen (secondary N) is 1. The minimum atomic E-state index is -3.65. The van der Waals surface area contributed by atoms with E-state index in [1.165, 1.54) is 28.6 Å². The van der Waals surface area contributed by atoms with Crippen molar-refractivity contribution in [1.29, 1.82) is 0 Å². The molecule has 0 bridgehead atoms. The van der Waals surface area contributed by atoms with E-state index in [1.54, 1.807) is 12.1 Å². The minimum absolute atomic E-state index is 0.0547. The van der Waals surface area contributed by atoms with Crippen LogP contribution in [0.1, 0.15) is 6.92 Å². The number of ether oxygens (including phenoxy) is 1. The molecule has 0 aliphatic carbocycles. The topological polar surface area (TPSA) is 79.0 Å². The van der Waals surface area contributed by atoms with Gasteiger partial charge in [0.1, 0.15) is 11.6 Å². The number of rotatable bonds is 7. The molecular weight excluding hydrogens is 433 g/mol. The first kappa shape index (κ1) is 22.5. The average molecular weight is 456 g/mol. The number of carbonyl (C=O) groups excluding carboxylic acids is 1. The molecule has 10 heteroatoms. The molecule has 1 aliphatic rings. The van der Waals surface area contributed by atoms with Gasteiger partial charge in [0.15, 0.2) is 6.61 Å². The van der Waals surface area contributed by atoms with Crippen molar-refractivity contribution in [2.75, 3.05) is 44.6 Å². The van der Waals surface area contributed by atoms with Crippen LogP contribution >= 0.6 is 11.6 Å². The third-order valence-electron chi connectivity index (χ3n) is 4.79. The van der Waals surface area contributed by atoms with Gasteiger partial charge < -0.3 is 15.0 Å². The van der Waals surface area contributed by atoms with Gasteiger partial charge in [0.05, 0.1) is 9.92 Å². The van der Waals surface area contributed by atoms with Gasteiger partial charge in [0, 0.05) is 31.9 Å². The Labute approximate surface area is 180 Å². The van der Waals surface area contributed by atoms with Crippen molar-refractivity contribution in [3.8, 4) is 5.75 Å². The van der Waals surface area contributed by atoms with Gasteiger partial charge in [-0.15, -0.1) is 0 Å². The van der Waals surface area contributed by atoms with Crippen LogP contribution in [0.2, 0.25) is 5.02 Å². The van der Waals surface area contributed by atoms with E-state index in [2.05, 4.69) is 10.2 Å². The van der Waals surface area contributed by atoms with E-state index in [0.717, 1.165) is 12.6 Å². The molecular formula is C20H23ClFN3O4S.